The van der Waals surface area contributed by atoms with Gasteiger partial charge < -0.3 is 10.1 Å². The van der Waals surface area contributed by atoms with Crippen molar-refractivity contribution in [2.75, 3.05) is 32.0 Å². The highest BCUT2D eigenvalue weighted by molar-refractivity contribution is 7.89. The minimum Gasteiger partial charge on any atom is -0.378 e. The summed E-state index contributed by atoms with van der Waals surface area (Å²) in [5.74, 6) is 0.0924. The molecule has 0 aromatic rings. The van der Waals surface area contributed by atoms with Gasteiger partial charge in [0.2, 0.25) is 10.0 Å². The third-order valence-electron chi connectivity index (χ3n) is 3.31. The fraction of sp³-hybridized carbons (Fsp3) is 1.00. The first-order valence-electron chi connectivity index (χ1n) is 7.29. The van der Waals surface area contributed by atoms with Crippen LogP contribution in [0.2, 0.25) is 0 Å². The highest BCUT2D eigenvalue weighted by Gasteiger charge is 2.29. The predicted octanol–water partition coefficient (Wildman–Crippen LogP) is 1.63. The van der Waals surface area contributed by atoms with Crippen molar-refractivity contribution in [3.63, 3.8) is 0 Å². The summed E-state index contributed by atoms with van der Waals surface area (Å²) in [5.41, 5.74) is 0. The summed E-state index contributed by atoms with van der Waals surface area (Å²) < 4.78 is 31.9. The lowest BCUT2D eigenvalue weighted by molar-refractivity contribution is 0.0903. The van der Waals surface area contributed by atoms with Gasteiger partial charge in [0.25, 0.3) is 0 Å². The summed E-state index contributed by atoms with van der Waals surface area (Å²) in [6.07, 6.45) is 2.75. The van der Waals surface area contributed by atoms with Crippen molar-refractivity contribution in [2.45, 2.75) is 52.2 Å². The van der Waals surface area contributed by atoms with Gasteiger partial charge in [-0.05, 0) is 46.2 Å². The topological polar surface area (TPSA) is 58.6 Å². The fourth-order valence-corrected chi connectivity index (χ4v) is 4.04. The van der Waals surface area contributed by atoms with Gasteiger partial charge in [-0.15, -0.1) is 12.4 Å². The minimum atomic E-state index is -3.20. The highest BCUT2D eigenvalue weighted by atomic mass is 35.5. The Kier molecular flexibility index (Phi) is 10.0. The van der Waals surface area contributed by atoms with E-state index in [4.69, 9.17) is 4.74 Å². The van der Waals surface area contributed by atoms with E-state index in [2.05, 4.69) is 5.32 Å². The van der Waals surface area contributed by atoms with Gasteiger partial charge in [0.05, 0.1) is 18.5 Å². The van der Waals surface area contributed by atoms with Crippen LogP contribution in [0.4, 0.5) is 0 Å². The molecule has 0 amide bonds. The van der Waals surface area contributed by atoms with Gasteiger partial charge in [0.1, 0.15) is 0 Å². The molecule has 0 spiro atoms. The normalized spacial score (nSPS) is 17.4. The summed E-state index contributed by atoms with van der Waals surface area (Å²) >= 11 is 0. The molecule has 0 aromatic heterocycles. The Bertz CT molecular complexity index is 344. The maximum atomic E-state index is 12.4. The van der Waals surface area contributed by atoms with E-state index in [0.717, 1.165) is 32.4 Å². The van der Waals surface area contributed by atoms with Gasteiger partial charge in [0.15, 0.2) is 0 Å². The third-order valence-corrected chi connectivity index (χ3v) is 5.19. The lowest BCUT2D eigenvalue weighted by Gasteiger charge is -2.33. The second-order valence-electron chi connectivity index (χ2n) is 5.33. The molecule has 5 nitrogen and oxygen atoms in total. The average Bonchev–Trinajstić information content (AvgIpc) is 2.36. The lowest BCUT2D eigenvalue weighted by Crippen LogP contribution is -2.47. The van der Waals surface area contributed by atoms with Crippen molar-refractivity contribution in [3.05, 3.63) is 0 Å². The van der Waals surface area contributed by atoms with Crippen molar-refractivity contribution >= 4 is 22.4 Å². The predicted molar refractivity (Wildman–Crippen MR) is 85.0 cm³/mol. The van der Waals surface area contributed by atoms with Crippen molar-refractivity contribution < 1.29 is 13.2 Å². The average molecular weight is 329 g/mol. The number of piperidine rings is 1. The van der Waals surface area contributed by atoms with Crippen LogP contribution in [-0.2, 0) is 14.8 Å². The number of ether oxygens (including phenoxy) is 1. The Morgan fingerprint density at radius 3 is 2.40 bits per heavy atom. The van der Waals surface area contributed by atoms with E-state index in [-0.39, 0.29) is 36.9 Å². The molecule has 0 atom stereocenters. The smallest absolute Gasteiger partial charge is 0.216 e. The van der Waals surface area contributed by atoms with Crippen LogP contribution in [0.25, 0.3) is 0 Å². The SMILES string of the molecule is CCCN(C1CCNCC1)S(=O)(=O)CCOC(C)C.Cl. The van der Waals surface area contributed by atoms with Crippen LogP contribution in [0.5, 0.6) is 0 Å². The maximum absolute atomic E-state index is 12.4. The number of hydrogen-bond donors (Lipinski definition) is 1. The van der Waals surface area contributed by atoms with E-state index < -0.39 is 10.0 Å². The molecule has 1 N–H and O–H groups in total. The monoisotopic (exact) mass is 328 g/mol. The Balaban J connectivity index is 0.00000361. The van der Waals surface area contributed by atoms with E-state index in [1.54, 1.807) is 4.31 Å². The van der Waals surface area contributed by atoms with Crippen molar-refractivity contribution in [1.82, 2.24) is 9.62 Å². The summed E-state index contributed by atoms with van der Waals surface area (Å²) in [7, 11) is -3.20. The fourth-order valence-electron chi connectivity index (χ4n) is 2.37. The summed E-state index contributed by atoms with van der Waals surface area (Å²) in [6, 6.07) is 0.158. The van der Waals surface area contributed by atoms with Crippen molar-refractivity contribution in [2.24, 2.45) is 0 Å². The Hall–Kier alpha value is 0.120. The highest BCUT2D eigenvalue weighted by Crippen LogP contribution is 2.17. The number of halogens is 1. The molecule has 1 fully saturated rings. The molecule has 0 saturated carbocycles. The number of nitrogens with one attached hydrogen (secondary N) is 1. The van der Waals surface area contributed by atoms with E-state index in [9.17, 15) is 8.42 Å². The lowest BCUT2D eigenvalue weighted by atomic mass is 10.1. The van der Waals surface area contributed by atoms with Crippen LogP contribution in [0.15, 0.2) is 0 Å². The van der Waals surface area contributed by atoms with Crippen LogP contribution < -0.4 is 5.32 Å². The van der Waals surface area contributed by atoms with Crippen LogP contribution in [0, 0.1) is 0 Å². The quantitative estimate of drug-likeness (QED) is 0.735. The molecule has 0 radical (unpaired) electrons. The molecule has 1 aliphatic heterocycles. The maximum Gasteiger partial charge on any atom is 0.216 e. The third kappa shape index (κ3) is 6.72. The molecule has 1 heterocycles. The van der Waals surface area contributed by atoms with Gasteiger partial charge in [-0.2, -0.15) is 4.31 Å². The molecule has 0 unspecified atom stereocenters. The van der Waals surface area contributed by atoms with Gasteiger partial charge in [-0.3, -0.25) is 0 Å². The second-order valence-corrected chi connectivity index (χ2v) is 7.37. The number of hydrogen-bond acceptors (Lipinski definition) is 4. The van der Waals surface area contributed by atoms with Crippen molar-refractivity contribution in [3.8, 4) is 0 Å². The van der Waals surface area contributed by atoms with Crippen LogP contribution in [0.1, 0.15) is 40.0 Å². The van der Waals surface area contributed by atoms with E-state index >= 15 is 0 Å². The largest absolute Gasteiger partial charge is 0.378 e. The summed E-state index contributed by atoms with van der Waals surface area (Å²) in [5, 5.41) is 3.28. The molecular weight excluding hydrogens is 300 g/mol. The molecule has 1 rings (SSSR count). The van der Waals surface area contributed by atoms with E-state index in [1.165, 1.54) is 0 Å². The van der Waals surface area contributed by atoms with Gasteiger partial charge >= 0.3 is 0 Å². The first kappa shape index (κ1) is 20.1. The Morgan fingerprint density at radius 2 is 1.90 bits per heavy atom. The molecule has 0 bridgehead atoms. The zero-order valence-corrected chi connectivity index (χ0v) is 14.4. The number of nitrogens with zero attached hydrogens (tertiary/aromatic N) is 1. The second kappa shape index (κ2) is 9.95. The minimum absolute atomic E-state index is 0. The zero-order chi connectivity index (χ0) is 14.3. The number of rotatable bonds is 8. The molecular formula is C13H29ClN2O3S. The summed E-state index contributed by atoms with van der Waals surface area (Å²) in [6.45, 7) is 8.58. The Labute approximate surface area is 129 Å². The number of sulfonamides is 1. The van der Waals surface area contributed by atoms with Crippen molar-refractivity contribution in [1.29, 1.82) is 0 Å². The van der Waals surface area contributed by atoms with Gasteiger partial charge in [0, 0.05) is 12.6 Å². The first-order valence-corrected chi connectivity index (χ1v) is 8.90. The standard InChI is InChI=1S/C13H28N2O3S.ClH/c1-4-9-15(13-5-7-14-8-6-13)19(16,17)11-10-18-12(2)3;/h12-14H,4-11H2,1-3H3;1H. The molecule has 0 aromatic carbocycles. The van der Waals surface area contributed by atoms with E-state index in [0.29, 0.717) is 6.54 Å². The van der Waals surface area contributed by atoms with Crippen LogP contribution >= 0.6 is 12.4 Å². The first-order chi connectivity index (χ1) is 8.97. The zero-order valence-electron chi connectivity index (χ0n) is 12.8. The summed E-state index contributed by atoms with van der Waals surface area (Å²) in [4.78, 5) is 0. The Morgan fingerprint density at radius 1 is 1.30 bits per heavy atom. The van der Waals surface area contributed by atoms with Crippen LogP contribution in [0.3, 0.4) is 0 Å². The van der Waals surface area contributed by atoms with Gasteiger partial charge in [-0.1, -0.05) is 6.92 Å². The molecule has 20 heavy (non-hydrogen) atoms. The van der Waals surface area contributed by atoms with E-state index in [1.807, 2.05) is 20.8 Å². The molecule has 7 heteroatoms. The molecule has 122 valence electrons. The van der Waals surface area contributed by atoms with Gasteiger partial charge in [-0.25, -0.2) is 8.42 Å². The molecule has 1 aliphatic rings. The van der Waals surface area contributed by atoms with Crippen LogP contribution in [-0.4, -0.2) is 56.9 Å². The molecule has 1 saturated heterocycles. The molecule has 0 aliphatic carbocycles.